The van der Waals surface area contributed by atoms with Crippen molar-refractivity contribution >= 4 is 15.7 Å². The lowest BCUT2D eigenvalue weighted by Crippen LogP contribution is -2.30. The molecule has 21 heavy (non-hydrogen) atoms. The van der Waals surface area contributed by atoms with E-state index >= 15 is 0 Å². The Balaban J connectivity index is 2.71. The zero-order valence-electron chi connectivity index (χ0n) is 12.6. The molecule has 0 bridgehead atoms. The molecule has 1 aromatic carbocycles. The third-order valence-electron chi connectivity index (χ3n) is 3.35. The topological polar surface area (TPSA) is 89.3 Å². The molecule has 0 saturated carbocycles. The minimum Gasteiger partial charge on any atom is -0.352 e. The zero-order chi connectivity index (χ0) is 15.9. The molecule has 0 radical (unpaired) electrons. The van der Waals surface area contributed by atoms with Crippen LogP contribution >= 0.6 is 0 Å². The van der Waals surface area contributed by atoms with Crippen molar-refractivity contribution in [2.75, 3.05) is 19.3 Å². The predicted molar refractivity (Wildman–Crippen MR) is 84.0 cm³/mol. The van der Waals surface area contributed by atoms with Crippen molar-refractivity contribution in [3.05, 3.63) is 29.8 Å². The average Bonchev–Trinajstić information content (AvgIpc) is 2.44. The summed E-state index contributed by atoms with van der Waals surface area (Å²) in [4.78, 5) is 12.3. The standard InChI is InChI=1S/C15H24N2O3S/c1-3-5-12(8-9-16)11-17-15(18)13-6-4-7-14(10-13)21(2,19)20/h4,6-7,10,12H,3,5,8-9,11,16H2,1-2H3,(H,17,18). The lowest BCUT2D eigenvalue weighted by Gasteiger charge is -2.16. The van der Waals surface area contributed by atoms with E-state index in [0.29, 0.717) is 24.6 Å². The lowest BCUT2D eigenvalue weighted by atomic mass is 10.00. The summed E-state index contributed by atoms with van der Waals surface area (Å²) in [6.07, 6.45) is 4.06. The molecule has 1 unspecified atom stereocenters. The van der Waals surface area contributed by atoms with Crippen LogP contribution < -0.4 is 11.1 Å². The van der Waals surface area contributed by atoms with E-state index in [9.17, 15) is 13.2 Å². The van der Waals surface area contributed by atoms with Crippen molar-refractivity contribution in [1.29, 1.82) is 0 Å². The maximum Gasteiger partial charge on any atom is 0.251 e. The fraction of sp³-hybridized carbons (Fsp3) is 0.533. The normalized spacial score (nSPS) is 12.9. The molecule has 1 rings (SSSR count). The molecule has 0 spiro atoms. The Morgan fingerprint density at radius 1 is 1.33 bits per heavy atom. The van der Waals surface area contributed by atoms with Crippen LogP contribution in [-0.4, -0.2) is 33.7 Å². The molecule has 1 aromatic rings. The zero-order valence-corrected chi connectivity index (χ0v) is 13.4. The fourth-order valence-corrected chi connectivity index (χ4v) is 2.87. The molecular weight excluding hydrogens is 288 g/mol. The summed E-state index contributed by atoms with van der Waals surface area (Å²) in [6, 6.07) is 6.08. The smallest absolute Gasteiger partial charge is 0.251 e. The van der Waals surface area contributed by atoms with Crippen molar-refractivity contribution in [2.45, 2.75) is 31.1 Å². The number of amides is 1. The minimum atomic E-state index is -3.30. The Morgan fingerprint density at radius 2 is 2.05 bits per heavy atom. The maximum atomic E-state index is 12.1. The van der Waals surface area contributed by atoms with Crippen molar-refractivity contribution in [3.63, 3.8) is 0 Å². The molecule has 1 amide bonds. The summed E-state index contributed by atoms with van der Waals surface area (Å²) in [7, 11) is -3.30. The van der Waals surface area contributed by atoms with E-state index in [-0.39, 0.29) is 10.8 Å². The highest BCUT2D eigenvalue weighted by Crippen LogP contribution is 2.12. The quantitative estimate of drug-likeness (QED) is 0.763. The molecular formula is C15H24N2O3S. The Hall–Kier alpha value is -1.40. The Kier molecular flexibility index (Phi) is 6.84. The third kappa shape index (κ3) is 5.85. The highest BCUT2D eigenvalue weighted by molar-refractivity contribution is 7.90. The van der Waals surface area contributed by atoms with Gasteiger partial charge in [-0.15, -0.1) is 0 Å². The van der Waals surface area contributed by atoms with Gasteiger partial charge in [-0.3, -0.25) is 4.79 Å². The van der Waals surface area contributed by atoms with Crippen molar-refractivity contribution in [3.8, 4) is 0 Å². The highest BCUT2D eigenvalue weighted by Gasteiger charge is 2.13. The van der Waals surface area contributed by atoms with Gasteiger partial charge < -0.3 is 11.1 Å². The molecule has 6 heteroatoms. The van der Waals surface area contributed by atoms with Crippen molar-refractivity contribution < 1.29 is 13.2 Å². The van der Waals surface area contributed by atoms with Crippen molar-refractivity contribution in [2.24, 2.45) is 11.7 Å². The predicted octanol–water partition coefficient (Wildman–Crippen LogP) is 1.58. The van der Waals surface area contributed by atoms with Crippen LogP contribution in [0.5, 0.6) is 0 Å². The summed E-state index contributed by atoms with van der Waals surface area (Å²) < 4.78 is 23.0. The van der Waals surface area contributed by atoms with Crippen molar-refractivity contribution in [1.82, 2.24) is 5.32 Å². The molecule has 1 atom stereocenters. The van der Waals surface area contributed by atoms with Gasteiger partial charge >= 0.3 is 0 Å². The summed E-state index contributed by atoms with van der Waals surface area (Å²) in [5, 5.41) is 2.86. The molecule has 0 aliphatic heterocycles. The Morgan fingerprint density at radius 3 is 2.62 bits per heavy atom. The number of benzene rings is 1. The van der Waals surface area contributed by atoms with Gasteiger partial charge in [-0.05, 0) is 43.5 Å². The summed E-state index contributed by atoms with van der Waals surface area (Å²) in [5.74, 6) is 0.112. The SMILES string of the molecule is CCCC(CCN)CNC(=O)c1cccc(S(C)(=O)=O)c1. The second-order valence-electron chi connectivity index (χ2n) is 5.24. The fourth-order valence-electron chi connectivity index (χ4n) is 2.20. The van der Waals surface area contributed by atoms with E-state index in [0.717, 1.165) is 25.5 Å². The van der Waals surface area contributed by atoms with Gasteiger partial charge in [-0.1, -0.05) is 19.4 Å². The monoisotopic (exact) mass is 312 g/mol. The number of nitrogens with one attached hydrogen (secondary N) is 1. The largest absolute Gasteiger partial charge is 0.352 e. The van der Waals surface area contributed by atoms with Crippen LogP contribution in [-0.2, 0) is 9.84 Å². The first kappa shape index (κ1) is 17.7. The van der Waals surface area contributed by atoms with E-state index < -0.39 is 9.84 Å². The Labute approximate surface area is 126 Å². The first-order chi connectivity index (χ1) is 9.88. The molecule has 118 valence electrons. The van der Waals surface area contributed by atoms with Crippen LogP contribution in [0, 0.1) is 5.92 Å². The second kappa shape index (κ2) is 8.14. The lowest BCUT2D eigenvalue weighted by molar-refractivity contribution is 0.0945. The number of sulfone groups is 1. The maximum absolute atomic E-state index is 12.1. The van der Waals surface area contributed by atoms with E-state index in [4.69, 9.17) is 5.73 Å². The average molecular weight is 312 g/mol. The molecule has 0 aromatic heterocycles. The highest BCUT2D eigenvalue weighted by atomic mass is 32.2. The summed E-state index contributed by atoms with van der Waals surface area (Å²) >= 11 is 0. The van der Waals surface area contributed by atoms with Gasteiger partial charge in [0, 0.05) is 18.4 Å². The first-order valence-electron chi connectivity index (χ1n) is 7.16. The van der Waals surface area contributed by atoms with Gasteiger partial charge in [0.05, 0.1) is 4.90 Å². The molecule has 0 aliphatic carbocycles. The summed E-state index contributed by atoms with van der Waals surface area (Å²) in [5.41, 5.74) is 5.93. The number of nitrogens with two attached hydrogens (primary N) is 1. The molecule has 5 nitrogen and oxygen atoms in total. The van der Waals surface area contributed by atoms with Gasteiger partial charge in [0.2, 0.25) is 0 Å². The number of carbonyl (C=O) groups excluding carboxylic acids is 1. The molecule has 0 saturated heterocycles. The number of hydrogen-bond donors (Lipinski definition) is 2. The van der Waals surface area contributed by atoms with E-state index in [2.05, 4.69) is 12.2 Å². The van der Waals surface area contributed by atoms with Crippen LogP contribution in [0.15, 0.2) is 29.2 Å². The van der Waals surface area contributed by atoms with Gasteiger partial charge in [0.1, 0.15) is 0 Å². The van der Waals surface area contributed by atoms with Crippen LogP contribution in [0.1, 0.15) is 36.5 Å². The van der Waals surface area contributed by atoms with Crippen LogP contribution in [0.2, 0.25) is 0 Å². The van der Waals surface area contributed by atoms with Crippen LogP contribution in [0.4, 0.5) is 0 Å². The van der Waals surface area contributed by atoms with E-state index in [1.165, 1.54) is 12.1 Å². The molecule has 3 N–H and O–H groups in total. The second-order valence-corrected chi connectivity index (χ2v) is 7.26. The van der Waals surface area contributed by atoms with E-state index in [1.54, 1.807) is 12.1 Å². The Bertz CT molecular complexity index is 564. The van der Waals surface area contributed by atoms with Gasteiger partial charge in [-0.2, -0.15) is 0 Å². The number of carbonyl (C=O) groups is 1. The van der Waals surface area contributed by atoms with E-state index in [1.807, 2.05) is 0 Å². The first-order valence-corrected chi connectivity index (χ1v) is 9.06. The molecule has 0 aliphatic rings. The third-order valence-corrected chi connectivity index (χ3v) is 4.46. The van der Waals surface area contributed by atoms with Gasteiger partial charge in [-0.25, -0.2) is 8.42 Å². The minimum absolute atomic E-state index is 0.155. The number of rotatable bonds is 8. The molecule has 0 fully saturated rings. The van der Waals surface area contributed by atoms with Crippen LogP contribution in [0.25, 0.3) is 0 Å². The van der Waals surface area contributed by atoms with Crippen LogP contribution in [0.3, 0.4) is 0 Å². The number of hydrogen-bond acceptors (Lipinski definition) is 4. The summed E-state index contributed by atoms with van der Waals surface area (Å²) in [6.45, 7) is 3.26. The molecule has 0 heterocycles. The van der Waals surface area contributed by atoms with Gasteiger partial charge in [0.25, 0.3) is 5.91 Å². The van der Waals surface area contributed by atoms with Gasteiger partial charge in [0.15, 0.2) is 9.84 Å².